The van der Waals surface area contributed by atoms with Crippen molar-refractivity contribution in [3.8, 4) is 0 Å². The van der Waals surface area contributed by atoms with Gasteiger partial charge in [-0.3, -0.25) is 0 Å². The molecule has 1 atom stereocenters. The van der Waals surface area contributed by atoms with Crippen molar-refractivity contribution in [2.24, 2.45) is 0 Å². The van der Waals surface area contributed by atoms with E-state index >= 15 is 0 Å². The maximum Gasteiger partial charge on any atom is 0.224 e. The summed E-state index contributed by atoms with van der Waals surface area (Å²) in [6, 6.07) is 1.76. The normalized spacial score (nSPS) is 23.3. The van der Waals surface area contributed by atoms with Crippen LogP contribution in [0.1, 0.15) is 38.5 Å². The van der Waals surface area contributed by atoms with Crippen molar-refractivity contribution < 1.29 is 8.42 Å². The highest BCUT2D eigenvalue weighted by atomic mass is 32.2. The fraction of sp³-hybridized carbons (Fsp3) is 0.625. The van der Waals surface area contributed by atoms with Gasteiger partial charge in [0.05, 0.1) is 11.5 Å². The Kier molecular flexibility index (Phi) is 5.15. The average Bonchev–Trinajstić information content (AvgIpc) is 2.87. The monoisotopic (exact) mass is 336 g/mol. The van der Waals surface area contributed by atoms with Crippen molar-refractivity contribution in [2.45, 2.75) is 44.6 Å². The van der Waals surface area contributed by atoms with E-state index in [9.17, 15) is 8.42 Å². The summed E-state index contributed by atoms with van der Waals surface area (Å²) in [6.07, 6.45) is 10.8. The van der Waals surface area contributed by atoms with Crippen LogP contribution in [0, 0.1) is 0 Å². The van der Waals surface area contributed by atoms with Gasteiger partial charge in [-0.15, -0.1) is 0 Å². The van der Waals surface area contributed by atoms with Gasteiger partial charge in [-0.25, -0.2) is 13.4 Å². The van der Waals surface area contributed by atoms with Crippen molar-refractivity contribution in [1.29, 1.82) is 0 Å². The van der Waals surface area contributed by atoms with Crippen LogP contribution in [0.4, 0.5) is 11.8 Å². The third kappa shape index (κ3) is 4.92. The average molecular weight is 336 g/mol. The fourth-order valence-corrected chi connectivity index (χ4v) is 4.77. The maximum atomic E-state index is 11.5. The number of sulfone groups is 1. The van der Waals surface area contributed by atoms with Crippen molar-refractivity contribution in [3.05, 3.63) is 23.9 Å². The molecule has 1 aliphatic carbocycles. The lowest BCUT2D eigenvalue weighted by Crippen LogP contribution is -2.22. The summed E-state index contributed by atoms with van der Waals surface area (Å²) >= 11 is 0. The molecule has 126 valence electrons. The Hall–Kier alpha value is -1.63. The SMILES string of the molecule is O=S1(=O)CCC(Nc2nccc(NCCC3=CCCCC3)n2)C1. The summed E-state index contributed by atoms with van der Waals surface area (Å²) in [6.45, 7) is 0.861. The fourth-order valence-electron chi connectivity index (χ4n) is 3.10. The van der Waals surface area contributed by atoms with Crippen LogP contribution < -0.4 is 10.6 Å². The lowest BCUT2D eigenvalue weighted by Gasteiger charge is -2.14. The van der Waals surface area contributed by atoms with Gasteiger partial charge in [-0.05, 0) is 44.6 Å². The summed E-state index contributed by atoms with van der Waals surface area (Å²) in [7, 11) is -2.89. The Morgan fingerprint density at radius 1 is 1.30 bits per heavy atom. The molecule has 2 heterocycles. The van der Waals surface area contributed by atoms with Crippen LogP contribution >= 0.6 is 0 Å². The van der Waals surface area contributed by atoms with Crippen LogP contribution in [0.25, 0.3) is 0 Å². The molecule has 6 nitrogen and oxygen atoms in total. The molecule has 23 heavy (non-hydrogen) atoms. The van der Waals surface area contributed by atoms with Gasteiger partial charge < -0.3 is 10.6 Å². The zero-order chi connectivity index (χ0) is 16.1. The third-order valence-corrected chi connectivity index (χ3v) is 6.13. The van der Waals surface area contributed by atoms with Crippen molar-refractivity contribution >= 4 is 21.6 Å². The molecule has 2 aliphatic rings. The Labute approximate surface area is 137 Å². The van der Waals surface area contributed by atoms with Crippen molar-refractivity contribution in [3.63, 3.8) is 0 Å². The molecule has 0 bridgehead atoms. The molecule has 1 aliphatic heterocycles. The van der Waals surface area contributed by atoms with E-state index in [2.05, 4.69) is 26.7 Å². The predicted octanol–water partition coefficient (Wildman–Crippen LogP) is 2.38. The van der Waals surface area contributed by atoms with Crippen LogP contribution in [-0.4, -0.2) is 42.5 Å². The molecular formula is C16H24N4O2S. The van der Waals surface area contributed by atoms with E-state index < -0.39 is 9.84 Å². The molecule has 0 amide bonds. The standard InChI is InChI=1S/C16H24N4O2S/c21-23(22)11-8-14(12-23)19-16-18-10-7-15(20-16)17-9-6-13-4-2-1-3-5-13/h4,7,10,14H,1-3,5-6,8-9,11-12H2,(H2,17,18,19,20). The molecule has 1 aromatic heterocycles. The predicted molar refractivity (Wildman–Crippen MR) is 92.4 cm³/mol. The molecule has 1 unspecified atom stereocenters. The molecule has 0 saturated carbocycles. The van der Waals surface area contributed by atoms with Gasteiger partial charge >= 0.3 is 0 Å². The van der Waals surface area contributed by atoms with E-state index in [1.54, 1.807) is 6.20 Å². The second kappa shape index (κ2) is 7.29. The Morgan fingerprint density at radius 3 is 2.96 bits per heavy atom. The number of hydrogen-bond donors (Lipinski definition) is 2. The van der Waals surface area contributed by atoms with Gasteiger partial charge in [-0.2, -0.15) is 4.98 Å². The first-order valence-electron chi connectivity index (χ1n) is 8.32. The summed E-state index contributed by atoms with van der Waals surface area (Å²) in [5, 5.41) is 6.45. The Bertz CT molecular complexity index is 672. The number of rotatable bonds is 6. The summed E-state index contributed by atoms with van der Waals surface area (Å²) in [5.74, 6) is 1.69. The summed E-state index contributed by atoms with van der Waals surface area (Å²) < 4.78 is 23.0. The van der Waals surface area contributed by atoms with Crippen LogP contribution in [0.2, 0.25) is 0 Å². The lowest BCUT2D eigenvalue weighted by atomic mass is 9.97. The minimum atomic E-state index is -2.89. The van der Waals surface area contributed by atoms with Gasteiger partial charge in [-0.1, -0.05) is 11.6 Å². The second-order valence-electron chi connectivity index (χ2n) is 6.29. The van der Waals surface area contributed by atoms with E-state index in [0.29, 0.717) is 12.4 Å². The first-order chi connectivity index (χ1) is 11.1. The maximum absolute atomic E-state index is 11.5. The summed E-state index contributed by atoms with van der Waals surface area (Å²) in [4.78, 5) is 8.60. The molecule has 1 aromatic rings. The van der Waals surface area contributed by atoms with Crippen LogP contribution in [0.5, 0.6) is 0 Å². The minimum absolute atomic E-state index is 0.0809. The lowest BCUT2D eigenvalue weighted by molar-refractivity contribution is 0.602. The number of aromatic nitrogens is 2. The molecule has 0 aromatic carbocycles. The highest BCUT2D eigenvalue weighted by Crippen LogP contribution is 2.20. The molecule has 3 rings (SSSR count). The van der Waals surface area contributed by atoms with E-state index in [0.717, 1.165) is 18.8 Å². The Morgan fingerprint density at radius 2 is 2.22 bits per heavy atom. The van der Waals surface area contributed by atoms with Gasteiger partial charge in [0.25, 0.3) is 0 Å². The topological polar surface area (TPSA) is 84.0 Å². The number of allylic oxidation sites excluding steroid dienone is 1. The number of hydrogen-bond acceptors (Lipinski definition) is 6. The first kappa shape index (κ1) is 16.2. The Balaban J connectivity index is 1.50. The molecule has 1 saturated heterocycles. The van der Waals surface area contributed by atoms with Gasteiger partial charge in [0, 0.05) is 18.8 Å². The van der Waals surface area contributed by atoms with Gasteiger partial charge in [0.15, 0.2) is 9.84 Å². The second-order valence-corrected chi connectivity index (χ2v) is 8.52. The molecule has 7 heteroatoms. The van der Waals surface area contributed by atoms with E-state index in [4.69, 9.17) is 0 Å². The quantitative estimate of drug-likeness (QED) is 0.776. The zero-order valence-electron chi connectivity index (χ0n) is 13.3. The van der Waals surface area contributed by atoms with Gasteiger partial charge in [0.2, 0.25) is 5.95 Å². The number of nitrogens with zero attached hydrogens (tertiary/aromatic N) is 2. The minimum Gasteiger partial charge on any atom is -0.370 e. The summed E-state index contributed by atoms with van der Waals surface area (Å²) in [5.41, 5.74) is 1.53. The van der Waals surface area contributed by atoms with E-state index in [-0.39, 0.29) is 17.5 Å². The highest BCUT2D eigenvalue weighted by molar-refractivity contribution is 7.91. The molecule has 0 radical (unpaired) electrons. The molecule has 2 N–H and O–H groups in total. The van der Waals surface area contributed by atoms with Crippen LogP contribution in [0.3, 0.4) is 0 Å². The van der Waals surface area contributed by atoms with E-state index in [1.165, 1.54) is 31.3 Å². The van der Waals surface area contributed by atoms with Gasteiger partial charge in [0.1, 0.15) is 5.82 Å². The zero-order valence-corrected chi connectivity index (χ0v) is 14.1. The van der Waals surface area contributed by atoms with Crippen molar-refractivity contribution in [1.82, 2.24) is 9.97 Å². The largest absolute Gasteiger partial charge is 0.370 e. The van der Waals surface area contributed by atoms with Crippen molar-refractivity contribution in [2.75, 3.05) is 28.7 Å². The third-order valence-electron chi connectivity index (χ3n) is 4.36. The van der Waals surface area contributed by atoms with E-state index in [1.807, 2.05) is 6.07 Å². The number of anilines is 2. The molecule has 0 spiro atoms. The highest BCUT2D eigenvalue weighted by Gasteiger charge is 2.28. The molecule has 1 fully saturated rings. The van der Waals surface area contributed by atoms with Crippen LogP contribution in [0.15, 0.2) is 23.9 Å². The molecular weight excluding hydrogens is 312 g/mol. The first-order valence-corrected chi connectivity index (χ1v) is 10.1. The smallest absolute Gasteiger partial charge is 0.224 e. The van der Waals surface area contributed by atoms with Crippen LogP contribution in [-0.2, 0) is 9.84 Å². The number of nitrogens with one attached hydrogen (secondary N) is 2.